The van der Waals surface area contributed by atoms with Crippen molar-refractivity contribution in [2.24, 2.45) is 0 Å². The van der Waals surface area contributed by atoms with Crippen LogP contribution in [0.5, 0.6) is 0 Å². The number of hydrogen-bond acceptors (Lipinski definition) is 3. The minimum Gasteiger partial charge on any atom is -0.308 e. The van der Waals surface area contributed by atoms with Gasteiger partial charge in [-0.05, 0) is 63.0 Å². The molecule has 51 heavy (non-hydrogen) atoms. The van der Waals surface area contributed by atoms with Crippen LogP contribution in [0.25, 0.3) is 94.3 Å². The van der Waals surface area contributed by atoms with Crippen molar-refractivity contribution >= 4 is 43.4 Å². The molecule has 0 fully saturated rings. The molecule has 0 bridgehead atoms. The Morgan fingerprint density at radius 1 is 0.314 bits per heavy atom. The van der Waals surface area contributed by atoms with Crippen LogP contribution in [0.15, 0.2) is 182 Å². The minimum atomic E-state index is 0.623. The zero-order valence-electron chi connectivity index (χ0n) is 27.6. The summed E-state index contributed by atoms with van der Waals surface area (Å²) in [4.78, 5) is 15.7. The van der Waals surface area contributed by atoms with Crippen LogP contribution in [0.4, 0.5) is 0 Å². The molecule has 0 atom stereocenters. The van der Waals surface area contributed by atoms with E-state index in [1.807, 2.05) is 6.07 Å². The highest BCUT2D eigenvalue weighted by Crippen LogP contribution is 2.38. The normalized spacial score (nSPS) is 11.5. The molecule has 10 rings (SSSR count). The predicted molar refractivity (Wildman–Crippen MR) is 211 cm³/mol. The zero-order chi connectivity index (χ0) is 33.7. The molecule has 0 unspecified atom stereocenters. The molecular formula is C47H30N4. The highest BCUT2D eigenvalue weighted by Gasteiger charge is 2.20. The molecule has 4 heteroatoms. The highest BCUT2D eigenvalue weighted by molar-refractivity contribution is 6.10. The Kier molecular flexibility index (Phi) is 6.78. The van der Waals surface area contributed by atoms with Crippen LogP contribution < -0.4 is 0 Å². The Bertz CT molecular complexity index is 2850. The van der Waals surface area contributed by atoms with E-state index in [9.17, 15) is 0 Å². The second-order valence-electron chi connectivity index (χ2n) is 12.9. The van der Waals surface area contributed by atoms with E-state index in [-0.39, 0.29) is 0 Å². The van der Waals surface area contributed by atoms with Crippen molar-refractivity contribution < 1.29 is 0 Å². The maximum absolute atomic E-state index is 5.27. The monoisotopic (exact) mass is 650 g/mol. The van der Waals surface area contributed by atoms with Crippen LogP contribution in [0.2, 0.25) is 0 Å². The molecule has 0 amide bonds. The molecule has 0 radical (unpaired) electrons. The van der Waals surface area contributed by atoms with Gasteiger partial charge in [-0.15, -0.1) is 0 Å². The van der Waals surface area contributed by atoms with Crippen molar-refractivity contribution in [1.82, 2.24) is 19.5 Å². The van der Waals surface area contributed by atoms with Crippen LogP contribution >= 0.6 is 0 Å². The number of hydrogen-bond donors (Lipinski definition) is 0. The molecule has 0 aliphatic carbocycles. The van der Waals surface area contributed by atoms with Gasteiger partial charge in [-0.25, -0.2) is 15.0 Å². The first-order valence-corrected chi connectivity index (χ1v) is 17.2. The van der Waals surface area contributed by atoms with Gasteiger partial charge in [-0.1, -0.05) is 152 Å². The highest BCUT2D eigenvalue weighted by atomic mass is 15.1. The van der Waals surface area contributed by atoms with Crippen molar-refractivity contribution in [3.63, 3.8) is 0 Å². The van der Waals surface area contributed by atoms with Gasteiger partial charge in [0.2, 0.25) is 0 Å². The lowest BCUT2D eigenvalue weighted by molar-refractivity contribution is 1.07. The van der Waals surface area contributed by atoms with E-state index in [1.54, 1.807) is 0 Å². The van der Waals surface area contributed by atoms with Crippen molar-refractivity contribution in [3.8, 4) is 51.0 Å². The van der Waals surface area contributed by atoms with Gasteiger partial charge < -0.3 is 4.57 Å². The Hall–Kier alpha value is -6.91. The van der Waals surface area contributed by atoms with Crippen LogP contribution in [0, 0.1) is 0 Å². The van der Waals surface area contributed by atoms with E-state index in [0.717, 1.165) is 55.1 Å². The quantitative estimate of drug-likeness (QED) is 0.186. The smallest absolute Gasteiger partial charge is 0.166 e. The SMILES string of the molecule is c1ccc(-c2ccc(-c3nc(-c4ccc5ccccc5c4)nc(-c4cc5ccccc5cc4-n4c5ccccc5c5ccccc54)n3)cc2)cc1. The second-order valence-corrected chi connectivity index (χ2v) is 12.9. The summed E-state index contributed by atoms with van der Waals surface area (Å²) in [5.41, 5.74) is 8.42. The van der Waals surface area contributed by atoms with Crippen LogP contribution in [0.3, 0.4) is 0 Å². The van der Waals surface area contributed by atoms with Crippen LogP contribution in [0.1, 0.15) is 0 Å². The largest absolute Gasteiger partial charge is 0.308 e. The summed E-state index contributed by atoms with van der Waals surface area (Å²) in [5.74, 6) is 1.89. The van der Waals surface area contributed by atoms with E-state index in [4.69, 9.17) is 15.0 Å². The van der Waals surface area contributed by atoms with E-state index >= 15 is 0 Å². The van der Waals surface area contributed by atoms with Gasteiger partial charge in [0.1, 0.15) is 0 Å². The first-order chi connectivity index (χ1) is 25.3. The van der Waals surface area contributed by atoms with Gasteiger partial charge in [0.05, 0.1) is 16.7 Å². The lowest BCUT2D eigenvalue weighted by Gasteiger charge is -2.16. The van der Waals surface area contributed by atoms with Gasteiger partial charge in [-0.2, -0.15) is 0 Å². The fourth-order valence-corrected chi connectivity index (χ4v) is 7.30. The molecule has 0 saturated carbocycles. The molecule has 4 nitrogen and oxygen atoms in total. The van der Waals surface area contributed by atoms with E-state index in [1.165, 1.54) is 21.7 Å². The molecule has 0 aliphatic heterocycles. The third-order valence-corrected chi connectivity index (χ3v) is 9.82. The van der Waals surface area contributed by atoms with Gasteiger partial charge in [0, 0.05) is 27.5 Å². The second kappa shape index (κ2) is 11.9. The fraction of sp³-hybridized carbons (Fsp3) is 0. The molecule has 2 heterocycles. The first-order valence-electron chi connectivity index (χ1n) is 17.2. The molecule has 10 aromatic rings. The van der Waals surface area contributed by atoms with E-state index < -0.39 is 0 Å². The molecule has 0 saturated heterocycles. The number of para-hydroxylation sites is 2. The fourth-order valence-electron chi connectivity index (χ4n) is 7.30. The van der Waals surface area contributed by atoms with Crippen LogP contribution in [-0.2, 0) is 0 Å². The predicted octanol–water partition coefficient (Wildman–Crippen LogP) is 11.9. The maximum atomic E-state index is 5.27. The standard InChI is InChI=1S/C47H30N4/c1-2-12-31(13-3-1)33-22-25-34(26-23-33)45-48-46(38-27-24-32-14-4-5-15-35(32)28-38)50-47(49-45)41-29-36-16-6-7-17-37(36)30-44(41)51-42-20-10-8-18-39(42)40-19-9-11-21-43(40)51/h1-30H. The van der Waals surface area contributed by atoms with Crippen molar-refractivity contribution in [2.75, 3.05) is 0 Å². The third-order valence-electron chi connectivity index (χ3n) is 9.82. The maximum Gasteiger partial charge on any atom is 0.166 e. The zero-order valence-corrected chi connectivity index (χ0v) is 27.6. The third kappa shape index (κ3) is 5.04. The van der Waals surface area contributed by atoms with E-state index in [0.29, 0.717) is 17.5 Å². The number of aromatic nitrogens is 4. The summed E-state index contributed by atoms with van der Waals surface area (Å²) < 4.78 is 2.36. The van der Waals surface area contributed by atoms with Crippen molar-refractivity contribution in [3.05, 3.63) is 182 Å². The van der Waals surface area contributed by atoms with Gasteiger partial charge in [0.15, 0.2) is 17.5 Å². The summed E-state index contributed by atoms with van der Waals surface area (Å²) in [6.07, 6.45) is 0. The average Bonchev–Trinajstić information content (AvgIpc) is 3.54. The molecular weight excluding hydrogens is 621 g/mol. The Balaban J connectivity index is 1.24. The number of fused-ring (bicyclic) bond motifs is 5. The summed E-state index contributed by atoms with van der Waals surface area (Å²) in [7, 11) is 0. The minimum absolute atomic E-state index is 0.623. The lowest BCUT2D eigenvalue weighted by atomic mass is 10.0. The summed E-state index contributed by atoms with van der Waals surface area (Å²) in [5, 5.41) is 7.01. The molecule has 0 aliphatic rings. The molecule has 0 N–H and O–H groups in total. The topological polar surface area (TPSA) is 43.6 Å². The first kappa shape index (κ1) is 29.0. The van der Waals surface area contributed by atoms with Crippen LogP contribution in [-0.4, -0.2) is 19.5 Å². The molecule has 238 valence electrons. The summed E-state index contributed by atoms with van der Waals surface area (Å²) >= 11 is 0. The van der Waals surface area contributed by atoms with Gasteiger partial charge in [0.25, 0.3) is 0 Å². The Morgan fingerprint density at radius 2 is 0.784 bits per heavy atom. The Morgan fingerprint density at radius 3 is 1.47 bits per heavy atom. The Labute approximate surface area is 295 Å². The lowest BCUT2D eigenvalue weighted by Crippen LogP contribution is -2.04. The molecule has 2 aromatic heterocycles. The number of rotatable bonds is 5. The van der Waals surface area contributed by atoms with Crippen molar-refractivity contribution in [1.29, 1.82) is 0 Å². The van der Waals surface area contributed by atoms with Crippen molar-refractivity contribution in [2.45, 2.75) is 0 Å². The number of nitrogens with zero attached hydrogens (tertiary/aromatic N) is 4. The van der Waals surface area contributed by atoms with Gasteiger partial charge in [-0.3, -0.25) is 0 Å². The summed E-state index contributed by atoms with van der Waals surface area (Å²) in [6.45, 7) is 0. The summed E-state index contributed by atoms with van der Waals surface area (Å²) in [6, 6.07) is 64.0. The number of benzene rings is 8. The van der Waals surface area contributed by atoms with E-state index in [2.05, 4.69) is 180 Å². The van der Waals surface area contributed by atoms with Gasteiger partial charge >= 0.3 is 0 Å². The molecule has 0 spiro atoms. The average molecular weight is 651 g/mol. The molecule has 8 aromatic carbocycles.